The first-order valence-electron chi connectivity index (χ1n) is 5.34. The highest BCUT2D eigenvalue weighted by Crippen LogP contribution is 1.98. The molecule has 0 spiro atoms. The maximum Gasteiger partial charge on any atom is 0.321 e. The van der Waals surface area contributed by atoms with Crippen molar-refractivity contribution in [3.8, 4) is 0 Å². The summed E-state index contributed by atoms with van der Waals surface area (Å²) in [6, 6.07) is -0.366. The zero-order valence-electron chi connectivity index (χ0n) is 10.5. The van der Waals surface area contributed by atoms with Crippen molar-refractivity contribution in [2.24, 2.45) is 0 Å². The Bertz CT molecular complexity index is 294. The number of hydrogen-bond donors (Lipinski definition) is 2. The van der Waals surface area contributed by atoms with E-state index >= 15 is 0 Å². The minimum Gasteiger partial charge on any atom is -0.544 e. The van der Waals surface area contributed by atoms with Gasteiger partial charge in [0.25, 0.3) is 0 Å². The van der Waals surface area contributed by atoms with Gasteiger partial charge in [-0.15, -0.1) is 0 Å². The molecular formula is C11H20N2O4. The summed E-state index contributed by atoms with van der Waals surface area (Å²) < 4.78 is 0.419. The monoisotopic (exact) mass is 244 g/mol. The van der Waals surface area contributed by atoms with E-state index in [-0.39, 0.29) is 12.6 Å². The van der Waals surface area contributed by atoms with Crippen molar-refractivity contribution in [2.45, 2.75) is 12.5 Å². The first-order valence-corrected chi connectivity index (χ1v) is 5.34. The van der Waals surface area contributed by atoms with Crippen molar-refractivity contribution in [3.63, 3.8) is 0 Å². The van der Waals surface area contributed by atoms with Gasteiger partial charge < -0.3 is 24.8 Å². The van der Waals surface area contributed by atoms with Crippen LogP contribution in [0.2, 0.25) is 0 Å². The predicted octanol–water partition coefficient (Wildman–Crippen LogP) is -1.57. The van der Waals surface area contributed by atoms with Crippen molar-refractivity contribution in [1.82, 2.24) is 5.32 Å². The van der Waals surface area contributed by atoms with Crippen LogP contribution in [0, 0.1) is 0 Å². The van der Waals surface area contributed by atoms with Gasteiger partial charge in [0.05, 0.1) is 27.1 Å². The molecule has 0 saturated heterocycles. The Morgan fingerprint density at radius 1 is 1.41 bits per heavy atom. The molecule has 0 aromatic heterocycles. The van der Waals surface area contributed by atoms with E-state index in [2.05, 4.69) is 5.32 Å². The third-order valence-corrected chi connectivity index (χ3v) is 1.92. The Labute approximate surface area is 101 Å². The summed E-state index contributed by atoms with van der Waals surface area (Å²) in [5.41, 5.74) is 0. The molecule has 1 aliphatic rings. The molecule has 0 saturated carbocycles. The molecular weight excluding hydrogens is 224 g/mol. The first-order chi connectivity index (χ1) is 7.72. The van der Waals surface area contributed by atoms with Crippen LogP contribution in [0.3, 0.4) is 0 Å². The van der Waals surface area contributed by atoms with Crippen LogP contribution < -0.4 is 10.4 Å². The fraction of sp³-hybridized carbons (Fsp3) is 0.636. The van der Waals surface area contributed by atoms with Gasteiger partial charge in [-0.05, 0) is 6.42 Å². The molecule has 0 amide bonds. The van der Waals surface area contributed by atoms with Gasteiger partial charge >= 0.3 is 5.97 Å². The van der Waals surface area contributed by atoms with Crippen molar-refractivity contribution in [3.05, 3.63) is 12.2 Å². The van der Waals surface area contributed by atoms with Gasteiger partial charge in [-0.25, -0.2) is 0 Å². The van der Waals surface area contributed by atoms with Crippen LogP contribution in [-0.2, 0) is 9.59 Å². The van der Waals surface area contributed by atoms with E-state index in [4.69, 9.17) is 5.11 Å². The number of hydrogen-bond acceptors (Lipinski definition) is 4. The highest BCUT2D eigenvalue weighted by molar-refractivity contribution is 5.73. The van der Waals surface area contributed by atoms with Crippen molar-refractivity contribution in [1.29, 1.82) is 0 Å². The lowest BCUT2D eigenvalue weighted by molar-refractivity contribution is -0.864. The molecule has 1 heterocycles. The molecule has 6 heteroatoms. The average Bonchev–Trinajstić information content (AvgIpc) is 2.16. The Morgan fingerprint density at radius 2 is 2.00 bits per heavy atom. The lowest BCUT2D eigenvalue weighted by atomic mass is 10.1. The summed E-state index contributed by atoms with van der Waals surface area (Å²) in [5.74, 6) is -1.77. The average molecular weight is 244 g/mol. The topological polar surface area (TPSA) is 89.5 Å². The molecule has 0 aliphatic carbocycles. The number of aliphatic carboxylic acids is 2. The fourth-order valence-corrected chi connectivity index (χ4v) is 1.18. The van der Waals surface area contributed by atoms with Crippen LogP contribution in [0.15, 0.2) is 12.2 Å². The number of nitrogens with zero attached hydrogens (tertiary/aromatic N) is 1. The number of quaternary nitrogens is 1. The quantitative estimate of drug-likeness (QED) is 0.462. The molecule has 1 atom stereocenters. The number of carbonyl (C=O) groups is 2. The largest absolute Gasteiger partial charge is 0.544 e. The van der Waals surface area contributed by atoms with Crippen LogP contribution in [0.25, 0.3) is 0 Å². The van der Waals surface area contributed by atoms with Crippen molar-refractivity contribution >= 4 is 11.9 Å². The van der Waals surface area contributed by atoms with E-state index in [9.17, 15) is 14.7 Å². The molecule has 0 aromatic carbocycles. The zero-order chi connectivity index (χ0) is 13.5. The Kier molecular flexibility index (Phi) is 6.45. The van der Waals surface area contributed by atoms with Crippen LogP contribution in [0.5, 0.6) is 0 Å². The summed E-state index contributed by atoms with van der Waals surface area (Å²) in [6.07, 6.45) is 4.42. The first kappa shape index (κ1) is 15.6. The van der Waals surface area contributed by atoms with E-state index in [0.717, 1.165) is 0 Å². The summed E-state index contributed by atoms with van der Waals surface area (Å²) in [7, 11) is 5.40. The third kappa shape index (κ3) is 9.52. The number of carboxylic acid groups (broad SMARTS) is 2. The number of carboxylic acids is 2. The van der Waals surface area contributed by atoms with Crippen LogP contribution in [-0.4, -0.2) is 61.8 Å². The van der Waals surface area contributed by atoms with Gasteiger partial charge in [0.2, 0.25) is 0 Å². The van der Waals surface area contributed by atoms with Gasteiger partial charge in [0.15, 0.2) is 0 Å². The van der Waals surface area contributed by atoms with E-state index in [1.807, 2.05) is 12.2 Å². The van der Waals surface area contributed by atoms with Gasteiger partial charge in [0, 0.05) is 6.54 Å². The van der Waals surface area contributed by atoms with Gasteiger partial charge in [-0.2, -0.15) is 0 Å². The molecule has 17 heavy (non-hydrogen) atoms. The summed E-state index contributed by atoms with van der Waals surface area (Å²) in [4.78, 5) is 20.1. The number of likely N-dealkylation sites (N-methyl/N-ethyl adjacent to an activating group) is 1. The van der Waals surface area contributed by atoms with E-state index in [0.29, 0.717) is 17.4 Å². The maximum atomic E-state index is 10.3. The van der Waals surface area contributed by atoms with E-state index < -0.39 is 11.9 Å². The minimum absolute atomic E-state index is 0.0694. The molecule has 98 valence electrons. The summed E-state index contributed by atoms with van der Waals surface area (Å²) in [6.45, 7) is 0.747. The van der Waals surface area contributed by atoms with Crippen LogP contribution in [0.4, 0.5) is 0 Å². The van der Waals surface area contributed by atoms with Crippen molar-refractivity contribution in [2.75, 3.05) is 34.2 Å². The summed E-state index contributed by atoms with van der Waals surface area (Å²) in [5, 5.41) is 21.2. The van der Waals surface area contributed by atoms with Gasteiger partial charge in [-0.1, -0.05) is 12.2 Å². The molecule has 6 nitrogen and oxygen atoms in total. The molecule has 0 aromatic rings. The van der Waals surface area contributed by atoms with E-state index in [1.54, 1.807) is 21.1 Å². The van der Waals surface area contributed by atoms with Crippen LogP contribution in [0.1, 0.15) is 6.42 Å². The summed E-state index contributed by atoms with van der Waals surface area (Å²) >= 11 is 0. The Hall–Kier alpha value is -1.40. The fourth-order valence-electron chi connectivity index (χ4n) is 1.18. The normalized spacial score (nSPS) is 19.1. The number of nitrogens with one attached hydrogen (secondary N) is 1. The molecule has 2 N–H and O–H groups in total. The Balaban J connectivity index is 0.000000304. The Morgan fingerprint density at radius 3 is 2.18 bits per heavy atom. The van der Waals surface area contributed by atoms with Crippen molar-refractivity contribution < 1.29 is 24.3 Å². The minimum atomic E-state index is -1.00. The maximum absolute atomic E-state index is 10.3. The predicted molar refractivity (Wildman–Crippen MR) is 61.1 cm³/mol. The van der Waals surface area contributed by atoms with Crippen LogP contribution >= 0.6 is 0 Å². The molecule has 0 bridgehead atoms. The third-order valence-electron chi connectivity index (χ3n) is 1.92. The second-order valence-electron chi connectivity index (χ2n) is 4.83. The second-order valence-corrected chi connectivity index (χ2v) is 4.83. The zero-order valence-corrected chi connectivity index (χ0v) is 10.5. The smallest absolute Gasteiger partial charge is 0.321 e. The lowest BCUT2D eigenvalue weighted by Crippen LogP contribution is -2.45. The SMILES string of the molecule is C[N+](C)(C)CC(=O)[O-].O=C(O)C1CC=CCN1. The molecule has 0 fully saturated rings. The van der Waals surface area contributed by atoms with Gasteiger partial charge in [0.1, 0.15) is 12.6 Å². The number of carbonyl (C=O) groups excluding carboxylic acids is 1. The van der Waals surface area contributed by atoms with E-state index in [1.165, 1.54) is 0 Å². The molecule has 1 rings (SSSR count). The second kappa shape index (κ2) is 7.03. The highest BCUT2D eigenvalue weighted by atomic mass is 16.4. The standard InChI is InChI=1S/C6H9NO2.C5H11NO2/c8-6(9)5-3-1-2-4-7-5;1-6(2,3)4-5(7)8/h1-2,5,7H,3-4H2,(H,8,9);4H2,1-3H3. The molecule has 0 radical (unpaired) electrons. The molecule has 1 unspecified atom stereocenters. The van der Waals surface area contributed by atoms with Gasteiger partial charge in [-0.3, -0.25) is 4.79 Å². The molecule has 1 aliphatic heterocycles. The highest BCUT2D eigenvalue weighted by Gasteiger charge is 2.15. The lowest BCUT2D eigenvalue weighted by Gasteiger charge is -2.23. The number of rotatable bonds is 3.